The minimum atomic E-state index is -0.880. The highest BCUT2D eigenvalue weighted by Gasteiger charge is 2.31. The molecule has 0 unspecified atom stereocenters. The molecule has 0 radical (unpaired) electrons. The van der Waals surface area contributed by atoms with Crippen LogP contribution in [0.3, 0.4) is 0 Å². The van der Waals surface area contributed by atoms with E-state index in [9.17, 15) is 8.78 Å². The Morgan fingerprint density at radius 2 is 2.10 bits per heavy atom. The van der Waals surface area contributed by atoms with Gasteiger partial charge in [-0.05, 0) is 24.3 Å². The van der Waals surface area contributed by atoms with Crippen LogP contribution in [0, 0.1) is 11.6 Å². The molecule has 1 aliphatic carbocycles. The molecule has 6 heteroatoms. The van der Waals surface area contributed by atoms with Crippen molar-refractivity contribution in [1.29, 1.82) is 0 Å². The topological polar surface area (TPSA) is 40.7 Å². The van der Waals surface area contributed by atoms with Crippen LogP contribution in [0.15, 0.2) is 12.3 Å². The van der Waals surface area contributed by atoms with Gasteiger partial charge < -0.3 is 10.3 Å². The van der Waals surface area contributed by atoms with E-state index in [1.54, 1.807) is 13.2 Å². The fourth-order valence-corrected chi connectivity index (χ4v) is 3.23. The lowest BCUT2D eigenvalue weighted by molar-refractivity contribution is 0.518. The summed E-state index contributed by atoms with van der Waals surface area (Å²) in [6.07, 6.45) is 3.60. The van der Waals surface area contributed by atoms with Crippen LogP contribution in [0.25, 0.3) is 21.9 Å². The third kappa shape index (κ3) is 1.73. The van der Waals surface area contributed by atoms with Crippen molar-refractivity contribution in [1.82, 2.24) is 9.97 Å². The summed E-state index contributed by atoms with van der Waals surface area (Å²) in [5.74, 6) is -1.43. The number of hydrogen-bond acceptors (Lipinski definition) is 2. The van der Waals surface area contributed by atoms with Crippen LogP contribution in [0.2, 0.25) is 5.02 Å². The summed E-state index contributed by atoms with van der Waals surface area (Å²) in [6, 6.07) is 1.14. The second-order valence-electron chi connectivity index (χ2n) is 5.36. The fourth-order valence-electron chi connectivity index (χ4n) is 2.93. The standard InChI is InChI=1S/C15H12ClF2N3/c1-19-9-4-8(17)13(18)12-11-10(6-2-3-6)7(16)5-20-15(11)21-14(9)12/h4-6,19H,2-3H2,1H3,(H,20,21). The number of fused-ring (bicyclic) bond motifs is 3. The number of rotatable bonds is 2. The molecule has 4 rings (SSSR count). The minimum absolute atomic E-state index is 0.228. The maximum atomic E-state index is 14.4. The average Bonchev–Trinajstić information content (AvgIpc) is 3.22. The third-order valence-corrected chi connectivity index (χ3v) is 4.34. The van der Waals surface area contributed by atoms with E-state index in [0.717, 1.165) is 24.5 Å². The summed E-state index contributed by atoms with van der Waals surface area (Å²) in [5.41, 5.74) is 2.43. The lowest BCUT2D eigenvalue weighted by Crippen LogP contribution is -1.94. The maximum absolute atomic E-state index is 14.4. The van der Waals surface area contributed by atoms with E-state index in [0.29, 0.717) is 33.2 Å². The molecule has 1 aromatic carbocycles. The summed E-state index contributed by atoms with van der Waals surface area (Å²) in [5, 5.41) is 4.23. The van der Waals surface area contributed by atoms with Gasteiger partial charge in [-0.3, -0.25) is 0 Å². The van der Waals surface area contributed by atoms with E-state index in [1.165, 1.54) is 0 Å². The van der Waals surface area contributed by atoms with Gasteiger partial charge in [0.15, 0.2) is 11.6 Å². The second kappa shape index (κ2) is 4.31. The van der Waals surface area contributed by atoms with Gasteiger partial charge in [-0.25, -0.2) is 13.8 Å². The number of pyridine rings is 1. The van der Waals surface area contributed by atoms with Gasteiger partial charge in [0.1, 0.15) is 5.65 Å². The van der Waals surface area contributed by atoms with Gasteiger partial charge in [-0.1, -0.05) is 11.6 Å². The van der Waals surface area contributed by atoms with Gasteiger partial charge in [0.05, 0.1) is 21.6 Å². The van der Waals surface area contributed by atoms with Crippen molar-refractivity contribution in [2.75, 3.05) is 12.4 Å². The van der Waals surface area contributed by atoms with Crippen LogP contribution < -0.4 is 5.32 Å². The first-order valence-corrected chi connectivity index (χ1v) is 7.15. The zero-order valence-corrected chi connectivity index (χ0v) is 12.0. The molecule has 2 heterocycles. The zero-order valence-electron chi connectivity index (χ0n) is 11.2. The molecular formula is C15H12ClF2N3. The van der Waals surface area contributed by atoms with E-state index < -0.39 is 11.6 Å². The molecule has 2 aromatic heterocycles. The van der Waals surface area contributed by atoms with Crippen molar-refractivity contribution in [3.8, 4) is 0 Å². The smallest absolute Gasteiger partial charge is 0.169 e. The van der Waals surface area contributed by atoms with E-state index in [4.69, 9.17) is 11.6 Å². The monoisotopic (exact) mass is 307 g/mol. The molecule has 1 aliphatic rings. The number of hydrogen-bond donors (Lipinski definition) is 2. The molecule has 0 aliphatic heterocycles. The van der Waals surface area contributed by atoms with Crippen molar-refractivity contribution in [3.63, 3.8) is 0 Å². The van der Waals surface area contributed by atoms with Gasteiger partial charge >= 0.3 is 0 Å². The normalized spacial score (nSPS) is 15.0. The molecule has 1 fully saturated rings. The largest absolute Gasteiger partial charge is 0.386 e. The summed E-state index contributed by atoms with van der Waals surface area (Å²) < 4.78 is 28.2. The van der Waals surface area contributed by atoms with Crippen molar-refractivity contribution < 1.29 is 8.78 Å². The second-order valence-corrected chi connectivity index (χ2v) is 5.77. The van der Waals surface area contributed by atoms with E-state index in [-0.39, 0.29) is 5.39 Å². The number of aromatic amines is 1. The number of nitrogens with one attached hydrogen (secondary N) is 2. The highest BCUT2D eigenvalue weighted by atomic mass is 35.5. The van der Waals surface area contributed by atoms with Crippen LogP contribution in [0.5, 0.6) is 0 Å². The third-order valence-electron chi connectivity index (χ3n) is 4.04. The lowest BCUT2D eigenvalue weighted by atomic mass is 10.0. The Morgan fingerprint density at radius 1 is 1.33 bits per heavy atom. The quantitative estimate of drug-likeness (QED) is 0.728. The average molecular weight is 308 g/mol. The van der Waals surface area contributed by atoms with Crippen LogP contribution in [-0.4, -0.2) is 17.0 Å². The van der Waals surface area contributed by atoms with Crippen molar-refractivity contribution in [2.45, 2.75) is 18.8 Å². The van der Waals surface area contributed by atoms with Crippen LogP contribution in [0.1, 0.15) is 24.3 Å². The predicted octanol–water partition coefficient (Wildman–Crippen LogP) is 4.57. The molecule has 0 atom stereocenters. The fraction of sp³-hybridized carbons (Fsp3) is 0.267. The zero-order chi connectivity index (χ0) is 14.7. The summed E-state index contributed by atoms with van der Waals surface area (Å²) in [4.78, 5) is 7.31. The first-order valence-electron chi connectivity index (χ1n) is 6.77. The molecule has 0 spiro atoms. The number of benzene rings is 1. The van der Waals surface area contributed by atoms with Crippen LogP contribution in [-0.2, 0) is 0 Å². The van der Waals surface area contributed by atoms with Gasteiger partial charge in [-0.2, -0.15) is 0 Å². The molecular weight excluding hydrogens is 296 g/mol. The molecule has 3 aromatic rings. The molecule has 0 saturated heterocycles. The van der Waals surface area contributed by atoms with E-state index >= 15 is 0 Å². The first kappa shape index (κ1) is 12.8. The molecule has 0 bridgehead atoms. The van der Waals surface area contributed by atoms with Crippen molar-refractivity contribution in [2.24, 2.45) is 0 Å². The number of nitrogens with zero attached hydrogens (tertiary/aromatic N) is 1. The van der Waals surface area contributed by atoms with Crippen LogP contribution in [0.4, 0.5) is 14.5 Å². The summed E-state index contributed by atoms with van der Waals surface area (Å²) >= 11 is 6.25. The Labute approximate surface area is 124 Å². The lowest BCUT2D eigenvalue weighted by Gasteiger charge is -2.06. The molecule has 3 nitrogen and oxygen atoms in total. The van der Waals surface area contributed by atoms with Crippen LogP contribution >= 0.6 is 11.6 Å². The Morgan fingerprint density at radius 3 is 2.76 bits per heavy atom. The highest BCUT2D eigenvalue weighted by molar-refractivity contribution is 6.33. The van der Waals surface area contributed by atoms with Gasteiger partial charge in [0.2, 0.25) is 0 Å². The number of aromatic nitrogens is 2. The molecule has 108 valence electrons. The van der Waals surface area contributed by atoms with E-state index in [2.05, 4.69) is 15.3 Å². The Bertz CT molecular complexity index is 884. The van der Waals surface area contributed by atoms with Gasteiger partial charge in [0, 0.05) is 24.7 Å². The minimum Gasteiger partial charge on any atom is -0.386 e. The summed E-state index contributed by atoms with van der Waals surface area (Å²) in [6.45, 7) is 0. The Kier molecular flexibility index (Phi) is 2.63. The van der Waals surface area contributed by atoms with E-state index in [1.807, 2.05) is 0 Å². The molecule has 2 N–H and O–H groups in total. The predicted molar refractivity (Wildman–Crippen MR) is 80.0 cm³/mol. The maximum Gasteiger partial charge on any atom is 0.169 e. The SMILES string of the molecule is CNc1cc(F)c(F)c2c1[nH]c1ncc(Cl)c(C3CC3)c12. The molecule has 1 saturated carbocycles. The number of anilines is 1. The van der Waals surface area contributed by atoms with Crippen molar-refractivity contribution >= 4 is 39.2 Å². The van der Waals surface area contributed by atoms with Crippen molar-refractivity contribution in [3.05, 3.63) is 34.5 Å². The molecule has 21 heavy (non-hydrogen) atoms. The highest BCUT2D eigenvalue weighted by Crippen LogP contribution is 2.48. The Hall–Kier alpha value is -1.88. The molecule has 0 amide bonds. The number of halogens is 3. The summed E-state index contributed by atoms with van der Waals surface area (Å²) in [7, 11) is 1.67. The van der Waals surface area contributed by atoms with Gasteiger partial charge in [-0.15, -0.1) is 0 Å². The first-order chi connectivity index (χ1) is 10.1. The van der Waals surface area contributed by atoms with Gasteiger partial charge in [0.25, 0.3) is 0 Å². The Balaban J connectivity index is 2.25. The number of H-pyrrole nitrogens is 1.